The molecule has 1 amide bonds. The molecule has 2 aromatic carbocycles. The van der Waals surface area contributed by atoms with E-state index < -0.39 is 5.91 Å². The molecule has 0 bridgehead atoms. The van der Waals surface area contributed by atoms with Crippen LogP contribution in [0.4, 0.5) is 5.69 Å². The number of carbonyl (C=O) groups is 2. The number of amides is 1. The van der Waals surface area contributed by atoms with Crippen LogP contribution in [0, 0.1) is 13.8 Å². The Bertz CT molecular complexity index is 1480. The van der Waals surface area contributed by atoms with Crippen LogP contribution in [-0.2, 0) is 4.79 Å². The summed E-state index contributed by atoms with van der Waals surface area (Å²) in [5.74, 6) is 0.280. The number of hydrogen-bond donors (Lipinski definition) is 2. The summed E-state index contributed by atoms with van der Waals surface area (Å²) in [5.41, 5.74) is 9.19. The molecule has 0 aromatic heterocycles. The van der Waals surface area contributed by atoms with E-state index in [4.69, 9.17) is 4.42 Å². The largest absolute Gasteiger partial charge is 0.456 e. The Balaban J connectivity index is 2.10. The first-order valence-corrected chi connectivity index (χ1v) is 11.6. The zero-order valence-corrected chi connectivity index (χ0v) is 20.3. The number of hydrogen-bond acceptors (Lipinski definition) is 6. The molecule has 1 aliphatic heterocycles. The second-order valence-electron chi connectivity index (χ2n) is 8.18. The molecule has 7 heteroatoms. The quantitative estimate of drug-likeness (QED) is 0.171. The maximum Gasteiger partial charge on any atom is 0.271 e. The molecular formula is C28H28N4O3. The summed E-state index contributed by atoms with van der Waals surface area (Å²) in [4.78, 5) is 28.2. The minimum absolute atomic E-state index is 0.406. The molecular weight excluding hydrogens is 440 g/mol. The lowest BCUT2D eigenvalue weighted by Gasteiger charge is -2.19. The highest BCUT2D eigenvalue weighted by atomic mass is 16.3. The molecule has 0 spiro atoms. The lowest BCUT2D eigenvalue weighted by Crippen LogP contribution is -2.18. The molecule has 2 aliphatic rings. The molecule has 7 nitrogen and oxygen atoms in total. The Morgan fingerprint density at radius 2 is 1.83 bits per heavy atom. The highest BCUT2D eigenvalue weighted by molar-refractivity contribution is 6.14. The van der Waals surface area contributed by atoms with Crippen LogP contribution >= 0.6 is 0 Å². The number of aldehydes is 1. The van der Waals surface area contributed by atoms with E-state index in [0.717, 1.165) is 57.0 Å². The first kappa shape index (κ1) is 23.9. The summed E-state index contributed by atoms with van der Waals surface area (Å²) in [6.45, 7) is 9.58. The summed E-state index contributed by atoms with van der Waals surface area (Å²) in [6.07, 6.45) is 1.51. The molecule has 1 heterocycles. The van der Waals surface area contributed by atoms with Crippen molar-refractivity contribution in [2.24, 2.45) is 10.1 Å². The summed E-state index contributed by atoms with van der Waals surface area (Å²) in [7, 11) is 0. The van der Waals surface area contributed by atoms with Gasteiger partial charge in [-0.05, 0) is 62.6 Å². The summed E-state index contributed by atoms with van der Waals surface area (Å²) in [6, 6.07) is 15.5. The van der Waals surface area contributed by atoms with Crippen LogP contribution in [0.25, 0.3) is 33.4 Å². The van der Waals surface area contributed by atoms with E-state index in [-0.39, 0.29) is 0 Å². The first-order valence-electron chi connectivity index (χ1n) is 11.6. The van der Waals surface area contributed by atoms with Crippen LogP contribution in [0.15, 0.2) is 63.0 Å². The van der Waals surface area contributed by atoms with E-state index in [1.165, 1.54) is 0 Å². The van der Waals surface area contributed by atoms with E-state index in [1.807, 2.05) is 45.0 Å². The fourth-order valence-electron chi connectivity index (χ4n) is 4.29. The lowest BCUT2D eigenvalue weighted by atomic mass is 9.89. The normalized spacial score (nSPS) is 11.9. The number of nitrogens with zero attached hydrogens (tertiary/aromatic N) is 2. The zero-order valence-electron chi connectivity index (χ0n) is 20.3. The average molecular weight is 469 g/mol. The van der Waals surface area contributed by atoms with Crippen molar-refractivity contribution >= 4 is 35.1 Å². The van der Waals surface area contributed by atoms with Crippen LogP contribution in [0.1, 0.15) is 35.3 Å². The van der Waals surface area contributed by atoms with Gasteiger partial charge in [0.15, 0.2) is 6.29 Å². The fourth-order valence-corrected chi connectivity index (χ4v) is 4.29. The Morgan fingerprint density at radius 1 is 1.03 bits per heavy atom. The van der Waals surface area contributed by atoms with E-state index in [9.17, 15) is 9.59 Å². The third-order valence-corrected chi connectivity index (χ3v) is 5.82. The molecule has 4 rings (SSSR count). The molecule has 0 saturated carbocycles. The first-order chi connectivity index (χ1) is 17.0. The smallest absolute Gasteiger partial charge is 0.271 e. The maximum atomic E-state index is 13.0. The van der Waals surface area contributed by atoms with Crippen LogP contribution in [0.5, 0.6) is 0 Å². The van der Waals surface area contributed by atoms with Crippen LogP contribution < -0.4 is 16.1 Å². The van der Waals surface area contributed by atoms with Crippen molar-refractivity contribution in [1.82, 2.24) is 5.43 Å². The number of fused-ring (bicyclic) bond motifs is 2. The predicted octanol–water partition coefficient (Wildman–Crippen LogP) is 5.09. The molecule has 2 N–H and O–H groups in total. The van der Waals surface area contributed by atoms with Crippen molar-refractivity contribution in [3.63, 3.8) is 0 Å². The molecule has 0 saturated heterocycles. The van der Waals surface area contributed by atoms with Gasteiger partial charge in [-0.25, -0.2) is 5.43 Å². The SMILES string of the molecule is CCN=c1cc2oc3cc(NCC)c(C)cc3c(-c3ccccc3C(=O)N/N=C\C=O)c-2cc1C. The van der Waals surface area contributed by atoms with Gasteiger partial charge in [0.1, 0.15) is 11.3 Å². The molecule has 35 heavy (non-hydrogen) atoms. The molecule has 0 atom stereocenters. The van der Waals surface area contributed by atoms with Crippen molar-refractivity contribution in [2.75, 3.05) is 18.4 Å². The molecule has 0 fully saturated rings. The molecule has 0 unspecified atom stereocenters. The third kappa shape index (κ3) is 4.71. The monoisotopic (exact) mass is 468 g/mol. The van der Waals surface area contributed by atoms with E-state index >= 15 is 0 Å². The molecule has 1 aliphatic carbocycles. The minimum Gasteiger partial charge on any atom is -0.456 e. The maximum absolute atomic E-state index is 13.0. The number of nitrogens with one attached hydrogen (secondary N) is 2. The zero-order chi connectivity index (χ0) is 24.9. The lowest BCUT2D eigenvalue weighted by molar-refractivity contribution is -0.102. The van der Waals surface area contributed by atoms with Crippen molar-refractivity contribution < 1.29 is 14.0 Å². The van der Waals surface area contributed by atoms with Crippen LogP contribution in [-0.4, -0.2) is 31.5 Å². The summed E-state index contributed by atoms with van der Waals surface area (Å²) >= 11 is 0. The van der Waals surface area contributed by atoms with Crippen LogP contribution in [0.3, 0.4) is 0 Å². The van der Waals surface area contributed by atoms with Gasteiger partial charge in [-0.15, -0.1) is 0 Å². The second kappa shape index (κ2) is 10.3. The van der Waals surface area contributed by atoms with Gasteiger partial charge < -0.3 is 9.73 Å². The average Bonchev–Trinajstić information content (AvgIpc) is 2.85. The van der Waals surface area contributed by atoms with Gasteiger partial charge in [-0.2, -0.15) is 5.10 Å². The van der Waals surface area contributed by atoms with Gasteiger partial charge >= 0.3 is 0 Å². The van der Waals surface area contributed by atoms with E-state index in [0.29, 0.717) is 29.7 Å². The van der Waals surface area contributed by atoms with E-state index in [2.05, 4.69) is 39.9 Å². The van der Waals surface area contributed by atoms with Crippen molar-refractivity contribution in [3.8, 4) is 22.5 Å². The number of hydrazone groups is 1. The Labute approximate surface area is 203 Å². The van der Waals surface area contributed by atoms with Crippen molar-refractivity contribution in [2.45, 2.75) is 27.7 Å². The number of rotatable bonds is 7. The van der Waals surface area contributed by atoms with Gasteiger partial charge in [0, 0.05) is 53.0 Å². The number of carbonyl (C=O) groups excluding carboxylic acids is 2. The number of aryl methyl sites for hydroxylation is 2. The highest BCUT2D eigenvalue weighted by Crippen LogP contribution is 2.42. The van der Waals surface area contributed by atoms with Gasteiger partial charge in [0.2, 0.25) is 0 Å². The number of benzene rings is 3. The topological polar surface area (TPSA) is 96.1 Å². The highest BCUT2D eigenvalue weighted by Gasteiger charge is 2.22. The minimum atomic E-state index is -0.406. The standard InChI is InChI=1S/C28H28N4O3/c1-5-29-23-15-25-21(13-17(23)3)27(22-14-18(4)24(30-6-2)16-26(22)35-25)19-9-7-8-10-20(19)28(34)32-31-11-12-33/h7-16,29H,5-6H2,1-4H3,(H,32,34)/b30-24?,31-11-. The Kier molecular flexibility index (Phi) is 7.06. The Hall–Kier alpha value is -4.26. The van der Waals surface area contributed by atoms with Gasteiger partial charge in [0.05, 0.1) is 11.6 Å². The van der Waals surface area contributed by atoms with Gasteiger partial charge in [0.25, 0.3) is 5.91 Å². The third-order valence-electron chi connectivity index (χ3n) is 5.82. The second-order valence-corrected chi connectivity index (χ2v) is 8.18. The van der Waals surface area contributed by atoms with Crippen molar-refractivity contribution in [3.05, 3.63) is 70.6 Å². The molecule has 178 valence electrons. The number of anilines is 1. The van der Waals surface area contributed by atoms with Crippen LogP contribution in [0.2, 0.25) is 0 Å². The van der Waals surface area contributed by atoms with Crippen molar-refractivity contribution in [1.29, 1.82) is 0 Å². The predicted molar refractivity (Wildman–Crippen MR) is 140 cm³/mol. The molecule has 0 radical (unpaired) electrons. The van der Waals surface area contributed by atoms with Gasteiger partial charge in [-0.3, -0.25) is 14.6 Å². The fraction of sp³-hybridized carbons (Fsp3) is 0.214. The molecule has 2 aromatic rings. The van der Waals surface area contributed by atoms with E-state index in [1.54, 1.807) is 12.1 Å². The van der Waals surface area contributed by atoms with Gasteiger partial charge in [-0.1, -0.05) is 18.2 Å². The Morgan fingerprint density at radius 3 is 2.57 bits per heavy atom. The summed E-state index contributed by atoms with van der Waals surface area (Å²) in [5, 5.41) is 8.85. The summed E-state index contributed by atoms with van der Waals surface area (Å²) < 4.78 is 6.41.